The zero-order chi connectivity index (χ0) is 57.7. The van der Waals surface area contributed by atoms with Gasteiger partial charge in [-0.2, -0.15) is 0 Å². The molecule has 6 nitrogen and oxygen atoms in total. The van der Waals surface area contributed by atoms with Crippen molar-refractivity contribution >= 4 is 196 Å². The lowest BCUT2D eigenvalue weighted by Crippen LogP contribution is -1.93. The number of aromatic nitrogens is 6. The number of hydrogen-bond donors (Lipinski definition) is 0. The third-order valence-electron chi connectivity index (χ3n) is 21.4. The summed E-state index contributed by atoms with van der Waals surface area (Å²) in [7, 11) is 0. The second kappa shape index (κ2) is 15.3. The van der Waals surface area contributed by atoms with E-state index in [0.717, 1.165) is 11.4 Å². The number of hydrogen-bond acceptors (Lipinski definition) is 0. The van der Waals surface area contributed by atoms with E-state index in [9.17, 15) is 0 Å². The van der Waals surface area contributed by atoms with Gasteiger partial charge in [0.2, 0.25) is 0 Å². The first-order chi connectivity index (χ1) is 44.7. The molecule has 0 spiro atoms. The zero-order valence-electron chi connectivity index (χ0n) is 48.1. The SMILES string of the molecule is c1ccc(-n2c3cc(-c4cccc5c4c4cccc6c7c8c9ccccc9n9c%10cc%11c(cc%10c(cc7n5c46)c89)c4ccccc4n%11-c4ccccc4)ccc3c3cc4c(cc32)c2cc3c(c5cccc6c7ccccc7n3c65)c3c5ccccc5n4c23)cc1. The summed E-state index contributed by atoms with van der Waals surface area (Å²) in [6.07, 6.45) is 0. The molecule has 0 saturated carbocycles. The van der Waals surface area contributed by atoms with Crippen molar-refractivity contribution in [2.45, 2.75) is 0 Å². The van der Waals surface area contributed by atoms with Crippen molar-refractivity contribution in [1.82, 2.24) is 26.7 Å². The van der Waals surface area contributed by atoms with Crippen LogP contribution in [0.3, 0.4) is 0 Å². The second-order valence-corrected chi connectivity index (χ2v) is 25.4. The highest BCUT2D eigenvalue weighted by Gasteiger charge is 2.30. The summed E-state index contributed by atoms with van der Waals surface area (Å²) in [5.41, 5.74) is 24.6. The standard InChI is InChI=1S/C84H44N6/c1-3-18-46(19-4-1)85-64-31-11-8-23-50(64)58-39-59-62-42-75-78(80-54-25-10-14-34-67(54)88(83(62)80)73(59)44-72(58)85)57-30-16-28-55-76-48(26-17-35-68(76)90(75)82(55)57)45-36-37-51-60-40-71-61(41-70(60)86(69(51)38-45)47-20-5-2-6-21-47)63-43-74-77(79-53-24-9-13-33-66(53)87(71)84(63)79)56-29-15-27-52-49-22-7-12-32-65(49)89(74)81(52)56/h1-44H. The molecule has 0 N–H and O–H groups in total. The van der Waals surface area contributed by atoms with Crippen molar-refractivity contribution in [2.24, 2.45) is 0 Å². The van der Waals surface area contributed by atoms with E-state index in [1.807, 2.05) is 0 Å². The molecule has 24 aromatic rings. The van der Waals surface area contributed by atoms with Crippen LogP contribution in [0.15, 0.2) is 267 Å². The molecule has 10 heterocycles. The van der Waals surface area contributed by atoms with Crippen LogP contribution >= 0.6 is 0 Å². The molecule has 410 valence electrons. The summed E-state index contributed by atoms with van der Waals surface area (Å²) in [4.78, 5) is 0. The molecule has 14 aromatic carbocycles. The topological polar surface area (TPSA) is 27.5 Å². The lowest BCUT2D eigenvalue weighted by molar-refractivity contribution is 1.18. The molecule has 10 aromatic heterocycles. The van der Waals surface area contributed by atoms with Gasteiger partial charge < -0.3 is 26.7 Å². The maximum atomic E-state index is 2.61. The molecule has 0 unspecified atom stereocenters. The highest BCUT2D eigenvalue weighted by Crippen LogP contribution is 2.53. The van der Waals surface area contributed by atoms with Crippen LogP contribution in [-0.2, 0) is 0 Å². The Morgan fingerprint density at radius 1 is 0.167 bits per heavy atom. The Hall–Kier alpha value is -12.1. The van der Waals surface area contributed by atoms with E-state index in [1.54, 1.807) is 0 Å². The Morgan fingerprint density at radius 2 is 0.556 bits per heavy atom. The number of para-hydroxylation sites is 8. The van der Waals surface area contributed by atoms with Gasteiger partial charge in [0, 0.05) is 119 Å². The largest absolute Gasteiger partial charge is 0.309 e. The Labute approximate surface area is 509 Å². The van der Waals surface area contributed by atoms with Crippen LogP contribution in [0.5, 0.6) is 0 Å². The third-order valence-corrected chi connectivity index (χ3v) is 21.4. The Kier molecular flexibility index (Phi) is 7.71. The van der Waals surface area contributed by atoms with Gasteiger partial charge in [-0.25, -0.2) is 0 Å². The Bertz CT molecular complexity index is 7370. The van der Waals surface area contributed by atoms with Crippen LogP contribution in [0.1, 0.15) is 0 Å². The highest BCUT2D eigenvalue weighted by molar-refractivity contribution is 6.41. The van der Waals surface area contributed by atoms with Crippen molar-refractivity contribution in [2.75, 3.05) is 0 Å². The minimum Gasteiger partial charge on any atom is -0.309 e. The highest BCUT2D eigenvalue weighted by atomic mass is 15.0. The number of benzene rings is 14. The van der Waals surface area contributed by atoms with Crippen LogP contribution in [0.4, 0.5) is 0 Å². The molecule has 0 bridgehead atoms. The number of nitrogens with zero attached hydrogens (tertiary/aromatic N) is 6. The summed E-state index contributed by atoms with van der Waals surface area (Å²) in [6, 6.07) is 101. The Morgan fingerprint density at radius 3 is 1.21 bits per heavy atom. The predicted octanol–water partition coefficient (Wildman–Crippen LogP) is 22.1. The first kappa shape index (κ1) is 45.2. The summed E-state index contributed by atoms with van der Waals surface area (Å²) in [5.74, 6) is 0. The van der Waals surface area contributed by atoms with Crippen molar-refractivity contribution in [1.29, 1.82) is 0 Å². The van der Waals surface area contributed by atoms with Gasteiger partial charge in [0.05, 0.1) is 88.3 Å². The summed E-state index contributed by atoms with van der Waals surface area (Å²) < 4.78 is 15.3. The summed E-state index contributed by atoms with van der Waals surface area (Å²) in [5, 5.41) is 25.7. The zero-order valence-corrected chi connectivity index (χ0v) is 48.1. The number of rotatable bonds is 3. The van der Waals surface area contributed by atoms with Gasteiger partial charge in [0.25, 0.3) is 0 Å². The molecule has 0 atom stereocenters. The van der Waals surface area contributed by atoms with Gasteiger partial charge >= 0.3 is 0 Å². The summed E-state index contributed by atoms with van der Waals surface area (Å²) in [6.45, 7) is 0. The quantitative estimate of drug-likeness (QED) is 0.169. The van der Waals surface area contributed by atoms with E-state index < -0.39 is 0 Å². The van der Waals surface area contributed by atoms with E-state index >= 15 is 0 Å². The smallest absolute Gasteiger partial charge is 0.0628 e. The molecule has 6 heteroatoms. The first-order valence-electron chi connectivity index (χ1n) is 31.3. The molecule has 0 aliphatic rings. The fourth-order valence-corrected chi connectivity index (χ4v) is 18.1. The fourth-order valence-electron chi connectivity index (χ4n) is 18.1. The molecule has 90 heavy (non-hydrogen) atoms. The number of fused-ring (bicyclic) bond motifs is 32. The van der Waals surface area contributed by atoms with Crippen LogP contribution in [-0.4, -0.2) is 26.7 Å². The molecule has 24 rings (SSSR count). The average molecular weight is 1140 g/mol. The molecule has 0 fully saturated rings. The van der Waals surface area contributed by atoms with Gasteiger partial charge in [-0.15, -0.1) is 0 Å². The molecule has 0 saturated heterocycles. The summed E-state index contributed by atoms with van der Waals surface area (Å²) >= 11 is 0. The first-order valence-corrected chi connectivity index (χ1v) is 31.3. The van der Waals surface area contributed by atoms with E-state index in [-0.39, 0.29) is 0 Å². The molecular formula is C84H44N6. The molecule has 0 amide bonds. The lowest BCUT2D eigenvalue weighted by atomic mass is 9.96. The van der Waals surface area contributed by atoms with Crippen LogP contribution in [0, 0.1) is 0 Å². The van der Waals surface area contributed by atoms with E-state index in [0.29, 0.717) is 0 Å². The van der Waals surface area contributed by atoms with Crippen LogP contribution < -0.4 is 0 Å². The van der Waals surface area contributed by atoms with Gasteiger partial charge in [0.15, 0.2) is 0 Å². The molecule has 0 radical (unpaired) electrons. The van der Waals surface area contributed by atoms with Crippen molar-refractivity contribution in [3.05, 3.63) is 267 Å². The minimum absolute atomic E-state index is 1.14. The minimum atomic E-state index is 1.14. The maximum absolute atomic E-state index is 2.61. The predicted molar refractivity (Wildman–Crippen MR) is 379 cm³/mol. The van der Waals surface area contributed by atoms with Gasteiger partial charge in [0.1, 0.15) is 0 Å². The normalized spacial score (nSPS) is 13.1. The average Bonchev–Trinajstić information content (AvgIpc) is 1.51. The molecule has 0 aliphatic carbocycles. The Balaban J connectivity index is 0.775. The van der Waals surface area contributed by atoms with Crippen molar-refractivity contribution in [3.8, 4) is 22.5 Å². The van der Waals surface area contributed by atoms with Crippen molar-refractivity contribution < 1.29 is 0 Å². The second-order valence-electron chi connectivity index (χ2n) is 25.4. The molecular weight excluding hydrogens is 1090 g/mol. The van der Waals surface area contributed by atoms with Gasteiger partial charge in [-0.05, 0) is 108 Å². The van der Waals surface area contributed by atoms with Crippen molar-refractivity contribution in [3.63, 3.8) is 0 Å². The van der Waals surface area contributed by atoms with Crippen LogP contribution in [0.25, 0.3) is 218 Å². The van der Waals surface area contributed by atoms with Gasteiger partial charge in [-0.3, -0.25) is 0 Å². The van der Waals surface area contributed by atoms with E-state index in [2.05, 4.69) is 294 Å². The van der Waals surface area contributed by atoms with E-state index in [1.165, 1.54) is 207 Å². The van der Waals surface area contributed by atoms with Gasteiger partial charge in [-0.1, -0.05) is 170 Å². The van der Waals surface area contributed by atoms with E-state index in [4.69, 9.17) is 0 Å². The third kappa shape index (κ3) is 5.03. The molecule has 0 aliphatic heterocycles. The lowest BCUT2D eigenvalue weighted by Gasteiger charge is -2.10. The fraction of sp³-hybridized carbons (Fsp3) is 0. The maximum Gasteiger partial charge on any atom is 0.0628 e. The van der Waals surface area contributed by atoms with Crippen LogP contribution in [0.2, 0.25) is 0 Å². The monoisotopic (exact) mass is 1140 g/mol.